The van der Waals surface area contributed by atoms with Gasteiger partial charge in [-0.2, -0.15) is 0 Å². The molecule has 1 aliphatic carbocycles. The van der Waals surface area contributed by atoms with E-state index in [4.69, 9.17) is 16.3 Å². The van der Waals surface area contributed by atoms with Gasteiger partial charge in [0.25, 0.3) is 0 Å². The Balaban J connectivity index is 2.01. The number of hydrogen-bond donors (Lipinski definition) is 2. The van der Waals surface area contributed by atoms with E-state index >= 15 is 0 Å². The second-order valence-electron chi connectivity index (χ2n) is 6.92. The zero-order valence-electron chi connectivity index (χ0n) is 12.9. The van der Waals surface area contributed by atoms with Gasteiger partial charge in [-0.1, -0.05) is 12.2 Å². The van der Waals surface area contributed by atoms with E-state index in [-0.39, 0.29) is 17.7 Å². The highest BCUT2D eigenvalue weighted by atomic mass is 35.5. The van der Waals surface area contributed by atoms with E-state index in [0.717, 1.165) is 19.3 Å². The van der Waals surface area contributed by atoms with Gasteiger partial charge in [0, 0.05) is 11.8 Å². The van der Waals surface area contributed by atoms with Gasteiger partial charge in [0.2, 0.25) is 11.4 Å². The predicted octanol–water partition coefficient (Wildman–Crippen LogP) is 1.52. The molecule has 0 bridgehead atoms. The third-order valence-electron chi connectivity index (χ3n) is 5.97. The Labute approximate surface area is 135 Å². The second-order valence-corrected chi connectivity index (χ2v) is 7.30. The summed E-state index contributed by atoms with van der Waals surface area (Å²) in [4.78, 5) is 24.9. The van der Waals surface area contributed by atoms with Crippen molar-refractivity contribution < 1.29 is 19.4 Å². The molecule has 122 valence electrons. The topological polar surface area (TPSA) is 75.6 Å². The largest absolute Gasteiger partial charge is 0.453 e. The average Bonchev–Trinajstić information content (AvgIpc) is 2.64. The van der Waals surface area contributed by atoms with Crippen LogP contribution in [0.1, 0.15) is 39.5 Å². The van der Waals surface area contributed by atoms with Gasteiger partial charge in [0.15, 0.2) is 5.60 Å². The highest BCUT2D eigenvalue weighted by Crippen LogP contribution is 2.59. The van der Waals surface area contributed by atoms with E-state index in [2.05, 4.69) is 5.32 Å². The van der Waals surface area contributed by atoms with Crippen LogP contribution in [0.4, 0.5) is 0 Å². The number of allylic oxidation sites excluding steroid dienone is 1. The van der Waals surface area contributed by atoms with Crippen molar-refractivity contribution in [3.05, 3.63) is 12.2 Å². The first kappa shape index (κ1) is 15.8. The fourth-order valence-corrected chi connectivity index (χ4v) is 4.57. The molecule has 2 aliphatic heterocycles. The number of ether oxygens (including phenoxy) is 1. The molecular formula is C16H22ClNO4. The van der Waals surface area contributed by atoms with Crippen LogP contribution in [0.15, 0.2) is 12.2 Å². The van der Waals surface area contributed by atoms with E-state index in [1.165, 1.54) is 0 Å². The molecule has 0 unspecified atom stereocenters. The third-order valence-corrected chi connectivity index (χ3v) is 6.16. The van der Waals surface area contributed by atoms with Crippen molar-refractivity contribution in [3.63, 3.8) is 0 Å². The number of alkyl halides is 1. The molecule has 5 nitrogen and oxygen atoms in total. The van der Waals surface area contributed by atoms with Crippen molar-refractivity contribution in [1.82, 2.24) is 5.32 Å². The summed E-state index contributed by atoms with van der Waals surface area (Å²) in [6, 6.07) is 0. The Bertz CT molecular complexity index is 550. The van der Waals surface area contributed by atoms with Crippen LogP contribution in [0.5, 0.6) is 0 Å². The lowest BCUT2D eigenvalue weighted by Crippen LogP contribution is -2.81. The van der Waals surface area contributed by atoms with Crippen LogP contribution >= 0.6 is 11.6 Å². The predicted molar refractivity (Wildman–Crippen MR) is 81.3 cm³/mol. The Morgan fingerprint density at radius 1 is 1.50 bits per heavy atom. The summed E-state index contributed by atoms with van der Waals surface area (Å²) in [7, 11) is 0. The van der Waals surface area contributed by atoms with Crippen molar-refractivity contribution in [2.75, 3.05) is 5.88 Å². The van der Waals surface area contributed by atoms with Gasteiger partial charge in [0.05, 0.1) is 11.5 Å². The fraction of sp³-hybridized carbons (Fsp3) is 0.750. The molecule has 0 radical (unpaired) electrons. The first-order chi connectivity index (χ1) is 10.3. The molecule has 2 heterocycles. The second kappa shape index (κ2) is 4.96. The summed E-state index contributed by atoms with van der Waals surface area (Å²) in [5, 5.41) is 13.7. The molecule has 2 N–H and O–H groups in total. The maximum absolute atomic E-state index is 12.6. The van der Waals surface area contributed by atoms with Gasteiger partial charge in [-0.25, -0.2) is 4.79 Å². The molecule has 0 aromatic heterocycles. The first-order valence-electron chi connectivity index (χ1n) is 7.80. The zero-order chi connectivity index (χ0) is 16.2. The monoisotopic (exact) mass is 327 g/mol. The number of hydrogen-bond acceptors (Lipinski definition) is 4. The number of aliphatic hydroxyl groups is 1. The van der Waals surface area contributed by atoms with E-state index in [9.17, 15) is 14.7 Å². The molecule has 0 aromatic carbocycles. The summed E-state index contributed by atoms with van der Waals surface area (Å²) in [5.74, 6) is -0.694. The number of aliphatic hydroxyl groups excluding tert-OH is 1. The average molecular weight is 328 g/mol. The molecule has 2 fully saturated rings. The van der Waals surface area contributed by atoms with E-state index in [0.29, 0.717) is 6.42 Å². The van der Waals surface area contributed by atoms with Gasteiger partial charge in [0.1, 0.15) is 0 Å². The lowest BCUT2D eigenvalue weighted by Gasteiger charge is -2.56. The molecule has 3 rings (SSSR count). The number of nitrogens with one attached hydrogen (secondary N) is 1. The van der Waals surface area contributed by atoms with Gasteiger partial charge in [-0.15, -0.1) is 11.6 Å². The van der Waals surface area contributed by atoms with E-state index in [1.807, 2.05) is 12.2 Å². The Kier molecular flexibility index (Phi) is 3.57. The summed E-state index contributed by atoms with van der Waals surface area (Å²) in [6.45, 7) is 3.48. The molecule has 0 spiro atoms. The van der Waals surface area contributed by atoms with Gasteiger partial charge in [-0.3, -0.25) is 4.79 Å². The number of rotatable bonds is 4. The van der Waals surface area contributed by atoms with Crippen molar-refractivity contribution in [2.24, 2.45) is 11.3 Å². The quantitative estimate of drug-likeness (QED) is 0.466. The summed E-state index contributed by atoms with van der Waals surface area (Å²) in [5.41, 5.74) is -3.37. The van der Waals surface area contributed by atoms with Crippen molar-refractivity contribution in [2.45, 2.75) is 56.8 Å². The number of carbonyl (C=O) groups excluding carboxylic acids is 2. The maximum Gasteiger partial charge on any atom is 0.339 e. The zero-order valence-corrected chi connectivity index (χ0v) is 13.7. The molecule has 2 saturated heterocycles. The van der Waals surface area contributed by atoms with Crippen LogP contribution in [0.3, 0.4) is 0 Å². The Morgan fingerprint density at radius 3 is 2.77 bits per heavy atom. The molecule has 5 atom stereocenters. The minimum Gasteiger partial charge on any atom is -0.453 e. The molecular weight excluding hydrogens is 306 g/mol. The van der Waals surface area contributed by atoms with Crippen LogP contribution in [0, 0.1) is 11.3 Å². The van der Waals surface area contributed by atoms with Crippen molar-refractivity contribution in [3.8, 4) is 0 Å². The summed E-state index contributed by atoms with van der Waals surface area (Å²) >= 11 is 5.85. The molecule has 0 aromatic rings. The van der Waals surface area contributed by atoms with Gasteiger partial charge in [-0.05, 0) is 39.5 Å². The highest BCUT2D eigenvalue weighted by molar-refractivity contribution is 6.18. The maximum atomic E-state index is 12.6. The molecule has 0 saturated carbocycles. The minimum absolute atomic E-state index is 0.153. The standard InChI is InChI=1S/C16H22ClNO4/c1-14(8-9-17)12(20)18-16(13(21)22-15(14,16)2)11(19)10-6-4-3-5-7-10/h4,6,10-11,19H,3,5,7-9H2,1-2H3,(H,18,20)/t10-,11-,14+,15+,16+/m1/s1. The number of amides is 1. The van der Waals surface area contributed by atoms with Gasteiger partial charge >= 0.3 is 5.97 Å². The lowest BCUT2D eigenvalue weighted by atomic mass is 9.59. The van der Waals surface area contributed by atoms with Gasteiger partial charge < -0.3 is 15.2 Å². The highest BCUT2D eigenvalue weighted by Gasteiger charge is 2.83. The molecule has 6 heteroatoms. The minimum atomic E-state index is -1.36. The Hall–Kier alpha value is -1.07. The normalized spacial score (nSPS) is 44.8. The molecule has 22 heavy (non-hydrogen) atoms. The Morgan fingerprint density at radius 2 is 2.23 bits per heavy atom. The van der Waals surface area contributed by atoms with Crippen LogP contribution in [-0.2, 0) is 14.3 Å². The fourth-order valence-electron chi connectivity index (χ4n) is 4.19. The van der Waals surface area contributed by atoms with E-state index < -0.39 is 28.6 Å². The third kappa shape index (κ3) is 1.64. The van der Waals surface area contributed by atoms with Crippen LogP contribution < -0.4 is 5.32 Å². The number of esters is 1. The summed E-state index contributed by atoms with van der Waals surface area (Å²) in [6.07, 6.45) is 6.10. The van der Waals surface area contributed by atoms with Crippen molar-refractivity contribution in [1.29, 1.82) is 0 Å². The first-order valence-corrected chi connectivity index (χ1v) is 8.34. The SMILES string of the molecule is C[C@@]12OC(=O)[C@]1([C@H](O)[C@@H]1C=CCCC1)NC(=O)[C@]2(C)CCCl. The molecule has 1 amide bonds. The number of carbonyl (C=O) groups is 2. The van der Waals surface area contributed by atoms with Crippen LogP contribution in [0.2, 0.25) is 0 Å². The smallest absolute Gasteiger partial charge is 0.339 e. The summed E-state index contributed by atoms with van der Waals surface area (Å²) < 4.78 is 5.44. The van der Waals surface area contributed by atoms with Crippen LogP contribution in [-0.4, -0.2) is 40.1 Å². The van der Waals surface area contributed by atoms with E-state index in [1.54, 1.807) is 13.8 Å². The molecule has 3 aliphatic rings. The van der Waals surface area contributed by atoms with Crippen molar-refractivity contribution >= 4 is 23.5 Å². The van der Waals surface area contributed by atoms with Crippen LogP contribution in [0.25, 0.3) is 0 Å². The number of fused-ring (bicyclic) bond motifs is 1. The number of halogens is 1. The lowest BCUT2D eigenvalue weighted by molar-refractivity contribution is -0.249.